The van der Waals surface area contributed by atoms with E-state index < -0.39 is 0 Å². The van der Waals surface area contributed by atoms with E-state index in [1.807, 2.05) is 39.8 Å². The molecule has 5 nitrogen and oxygen atoms in total. The number of nitrogens with zero attached hydrogens (tertiary/aromatic N) is 1. The largest absolute Gasteiger partial charge is 0.354 e. The number of rotatable bonds is 5. The molecule has 2 N–H and O–H groups in total. The van der Waals surface area contributed by atoms with Gasteiger partial charge in [0.1, 0.15) is 0 Å². The molecular formula is C19H29N3O2. The third kappa shape index (κ3) is 5.64. The summed E-state index contributed by atoms with van der Waals surface area (Å²) in [5.41, 5.74) is 3.13. The van der Waals surface area contributed by atoms with E-state index >= 15 is 0 Å². The van der Waals surface area contributed by atoms with Crippen molar-refractivity contribution in [3.05, 3.63) is 29.3 Å². The third-order valence-corrected chi connectivity index (χ3v) is 4.26. The molecule has 0 bridgehead atoms. The number of piperidine rings is 1. The topological polar surface area (TPSA) is 61.4 Å². The summed E-state index contributed by atoms with van der Waals surface area (Å²) in [6.45, 7) is 9.96. The average Bonchev–Trinajstić information content (AvgIpc) is 2.45. The zero-order valence-corrected chi connectivity index (χ0v) is 15.2. The highest BCUT2D eigenvalue weighted by Gasteiger charge is 2.26. The van der Waals surface area contributed by atoms with Gasteiger partial charge in [-0.15, -0.1) is 0 Å². The Morgan fingerprint density at radius 3 is 2.25 bits per heavy atom. The monoisotopic (exact) mass is 331 g/mol. The predicted molar refractivity (Wildman–Crippen MR) is 97.0 cm³/mol. The van der Waals surface area contributed by atoms with Gasteiger partial charge in [-0.1, -0.05) is 6.07 Å². The van der Waals surface area contributed by atoms with Gasteiger partial charge in [-0.05, 0) is 76.9 Å². The maximum absolute atomic E-state index is 12.2. The van der Waals surface area contributed by atoms with Crippen LogP contribution in [0.3, 0.4) is 0 Å². The Bertz CT molecular complexity index is 570. The van der Waals surface area contributed by atoms with Crippen LogP contribution in [0.25, 0.3) is 0 Å². The van der Waals surface area contributed by atoms with Gasteiger partial charge in [-0.2, -0.15) is 0 Å². The average molecular weight is 331 g/mol. The Hall–Kier alpha value is -1.88. The number of benzene rings is 1. The molecule has 0 saturated carbocycles. The molecule has 1 fully saturated rings. The maximum atomic E-state index is 12.2. The molecule has 1 heterocycles. The van der Waals surface area contributed by atoms with Crippen LogP contribution in [0.5, 0.6) is 0 Å². The molecule has 1 aliphatic rings. The highest BCUT2D eigenvalue weighted by Crippen LogP contribution is 2.18. The van der Waals surface area contributed by atoms with E-state index in [4.69, 9.17) is 0 Å². The van der Waals surface area contributed by atoms with E-state index in [2.05, 4.69) is 21.6 Å². The molecule has 2 amide bonds. The summed E-state index contributed by atoms with van der Waals surface area (Å²) < 4.78 is 0. The Labute approximate surface area is 144 Å². The van der Waals surface area contributed by atoms with Crippen molar-refractivity contribution in [3.8, 4) is 0 Å². The summed E-state index contributed by atoms with van der Waals surface area (Å²) >= 11 is 0. The Balaban J connectivity index is 1.79. The molecule has 24 heavy (non-hydrogen) atoms. The normalized spacial score (nSPS) is 16.2. The number of carbonyl (C=O) groups excluding carboxylic acids is 2. The van der Waals surface area contributed by atoms with Gasteiger partial charge in [0.2, 0.25) is 11.8 Å². The van der Waals surface area contributed by atoms with Crippen molar-refractivity contribution in [2.24, 2.45) is 5.92 Å². The zero-order valence-electron chi connectivity index (χ0n) is 15.2. The van der Waals surface area contributed by atoms with Gasteiger partial charge >= 0.3 is 0 Å². The minimum atomic E-state index is 0.00471. The summed E-state index contributed by atoms with van der Waals surface area (Å²) in [7, 11) is 0. The van der Waals surface area contributed by atoms with Crippen molar-refractivity contribution in [2.45, 2.75) is 46.6 Å². The fourth-order valence-corrected chi connectivity index (χ4v) is 3.21. The van der Waals surface area contributed by atoms with Crippen LogP contribution < -0.4 is 10.6 Å². The molecule has 0 unspecified atom stereocenters. The predicted octanol–water partition coefficient (Wildman–Crippen LogP) is 2.48. The fraction of sp³-hybridized carbons (Fsp3) is 0.579. The zero-order chi connectivity index (χ0) is 17.7. The van der Waals surface area contributed by atoms with Crippen LogP contribution >= 0.6 is 0 Å². The molecule has 1 aliphatic heterocycles. The first-order chi connectivity index (χ1) is 11.3. The summed E-state index contributed by atoms with van der Waals surface area (Å²) in [6.07, 6.45) is 1.63. The SMILES string of the molecule is Cc1cc(C)cc(NC(=O)CN2CCC(C(=O)NC(C)C)CC2)c1. The molecule has 132 valence electrons. The van der Waals surface area contributed by atoms with E-state index in [-0.39, 0.29) is 23.8 Å². The van der Waals surface area contributed by atoms with Crippen molar-refractivity contribution >= 4 is 17.5 Å². The molecule has 0 radical (unpaired) electrons. The number of amides is 2. The molecule has 0 atom stereocenters. The van der Waals surface area contributed by atoms with E-state index in [0.717, 1.165) is 42.7 Å². The number of carbonyl (C=O) groups is 2. The highest BCUT2D eigenvalue weighted by atomic mass is 16.2. The van der Waals surface area contributed by atoms with Gasteiger partial charge in [0.05, 0.1) is 6.54 Å². The quantitative estimate of drug-likeness (QED) is 0.871. The van der Waals surface area contributed by atoms with Crippen LogP contribution in [0.15, 0.2) is 18.2 Å². The number of nitrogens with one attached hydrogen (secondary N) is 2. The van der Waals surface area contributed by atoms with E-state index in [1.54, 1.807) is 0 Å². The lowest BCUT2D eigenvalue weighted by Crippen LogP contribution is -2.44. The van der Waals surface area contributed by atoms with Crippen molar-refractivity contribution in [3.63, 3.8) is 0 Å². The van der Waals surface area contributed by atoms with Gasteiger partial charge in [-0.3, -0.25) is 14.5 Å². The summed E-state index contributed by atoms with van der Waals surface area (Å²) in [5, 5.41) is 5.95. The molecule has 0 aliphatic carbocycles. The van der Waals surface area contributed by atoms with Crippen LogP contribution in [0.2, 0.25) is 0 Å². The third-order valence-electron chi connectivity index (χ3n) is 4.26. The lowest BCUT2D eigenvalue weighted by molar-refractivity contribution is -0.127. The van der Waals surface area contributed by atoms with E-state index in [0.29, 0.717) is 6.54 Å². The summed E-state index contributed by atoms with van der Waals surface area (Å²) in [6, 6.07) is 6.22. The van der Waals surface area contributed by atoms with Gasteiger partial charge in [0.25, 0.3) is 0 Å². The first-order valence-corrected chi connectivity index (χ1v) is 8.74. The minimum absolute atomic E-state index is 0.00471. The lowest BCUT2D eigenvalue weighted by Gasteiger charge is -2.31. The number of anilines is 1. The number of hydrogen-bond acceptors (Lipinski definition) is 3. The molecule has 1 saturated heterocycles. The van der Waals surface area contributed by atoms with Crippen LogP contribution in [0.4, 0.5) is 5.69 Å². The standard InChI is InChI=1S/C19H29N3O2/c1-13(2)20-19(24)16-5-7-22(8-6-16)12-18(23)21-17-10-14(3)9-15(4)11-17/h9-11,13,16H,5-8,12H2,1-4H3,(H,20,24)(H,21,23). The van der Waals surface area contributed by atoms with Crippen molar-refractivity contribution in [1.29, 1.82) is 0 Å². The van der Waals surface area contributed by atoms with Crippen LogP contribution in [-0.4, -0.2) is 42.4 Å². The van der Waals surface area contributed by atoms with Gasteiger partial charge in [0, 0.05) is 17.6 Å². The smallest absolute Gasteiger partial charge is 0.238 e. The molecular weight excluding hydrogens is 302 g/mol. The van der Waals surface area contributed by atoms with Crippen LogP contribution in [0.1, 0.15) is 37.8 Å². The number of likely N-dealkylation sites (tertiary alicyclic amines) is 1. The van der Waals surface area contributed by atoms with E-state index in [1.165, 1.54) is 0 Å². The second kappa shape index (κ2) is 8.29. The summed E-state index contributed by atoms with van der Waals surface area (Å²) in [5.74, 6) is 0.223. The summed E-state index contributed by atoms with van der Waals surface area (Å²) in [4.78, 5) is 26.4. The lowest BCUT2D eigenvalue weighted by atomic mass is 9.95. The molecule has 1 aromatic rings. The van der Waals surface area contributed by atoms with Gasteiger partial charge in [0.15, 0.2) is 0 Å². The molecule has 0 aromatic heterocycles. The Morgan fingerprint density at radius 1 is 1.12 bits per heavy atom. The molecule has 1 aromatic carbocycles. The number of aryl methyl sites for hydroxylation is 2. The van der Waals surface area contributed by atoms with Crippen molar-refractivity contribution < 1.29 is 9.59 Å². The van der Waals surface area contributed by atoms with Crippen molar-refractivity contribution in [2.75, 3.05) is 25.0 Å². The van der Waals surface area contributed by atoms with Gasteiger partial charge < -0.3 is 10.6 Å². The second-order valence-corrected chi connectivity index (χ2v) is 7.14. The minimum Gasteiger partial charge on any atom is -0.354 e. The number of hydrogen-bond donors (Lipinski definition) is 2. The fourth-order valence-electron chi connectivity index (χ4n) is 3.21. The molecule has 0 spiro atoms. The van der Waals surface area contributed by atoms with E-state index in [9.17, 15) is 9.59 Å². The van der Waals surface area contributed by atoms with Crippen molar-refractivity contribution in [1.82, 2.24) is 10.2 Å². The van der Waals surface area contributed by atoms with Gasteiger partial charge in [-0.25, -0.2) is 0 Å². The first kappa shape index (κ1) is 18.5. The molecule has 5 heteroatoms. The Kier molecular flexibility index (Phi) is 6.37. The molecule has 2 rings (SSSR count). The van der Waals surface area contributed by atoms with Crippen LogP contribution in [0, 0.1) is 19.8 Å². The highest BCUT2D eigenvalue weighted by molar-refractivity contribution is 5.92. The first-order valence-electron chi connectivity index (χ1n) is 8.74. The maximum Gasteiger partial charge on any atom is 0.238 e. The Morgan fingerprint density at radius 2 is 1.71 bits per heavy atom. The second-order valence-electron chi connectivity index (χ2n) is 7.14. The van der Waals surface area contributed by atoms with Crippen LogP contribution in [-0.2, 0) is 9.59 Å².